The number of aryl methyl sites for hydroxylation is 1. The van der Waals surface area contributed by atoms with E-state index in [9.17, 15) is 24.0 Å². The second-order valence-electron chi connectivity index (χ2n) is 13.4. The largest absolute Gasteiger partial charge is 0.352 e. The number of benzene rings is 2. The first kappa shape index (κ1) is 32.9. The van der Waals surface area contributed by atoms with Crippen LogP contribution >= 0.6 is 0 Å². The number of anilines is 2. The van der Waals surface area contributed by atoms with Gasteiger partial charge < -0.3 is 25.0 Å². The number of hydrogen-bond donors (Lipinski definition) is 3. The summed E-state index contributed by atoms with van der Waals surface area (Å²) >= 11 is 0. The molecule has 0 bridgehead atoms. The Balaban J connectivity index is 0.951. The number of nitrogens with one attached hydrogen (secondary N) is 3. The number of carbonyl (C=O) groups excluding carboxylic acids is 5. The number of imide groups is 1. The number of nitrogens with zero attached hydrogens (tertiary/aromatic N) is 5. The fraction of sp³-hybridized carbons (Fsp3) is 0.378. The predicted octanol–water partition coefficient (Wildman–Crippen LogP) is 4.12. The van der Waals surface area contributed by atoms with Gasteiger partial charge in [0.05, 0.1) is 0 Å². The first-order chi connectivity index (χ1) is 24.2. The zero-order chi connectivity index (χ0) is 34.9. The first-order valence-electron chi connectivity index (χ1n) is 17.2. The lowest BCUT2D eigenvalue weighted by atomic mass is 9.99. The van der Waals surface area contributed by atoms with E-state index < -0.39 is 11.9 Å². The summed E-state index contributed by atoms with van der Waals surface area (Å²) in [4.78, 5) is 75.5. The van der Waals surface area contributed by atoms with Crippen LogP contribution in [0.15, 0.2) is 54.7 Å². The monoisotopic (exact) mass is 676 g/mol. The van der Waals surface area contributed by atoms with Gasteiger partial charge in [-0.1, -0.05) is 25.0 Å². The topological polar surface area (TPSA) is 159 Å². The van der Waals surface area contributed by atoms with Crippen molar-refractivity contribution in [1.29, 1.82) is 0 Å². The molecular formula is C37H40N8O5. The van der Waals surface area contributed by atoms with Crippen molar-refractivity contribution in [3.8, 4) is 0 Å². The number of aromatic nitrogens is 3. The molecule has 2 aromatic carbocycles. The molecule has 1 saturated carbocycles. The van der Waals surface area contributed by atoms with Gasteiger partial charge in [0, 0.05) is 68.0 Å². The molecular weight excluding hydrogens is 636 g/mol. The van der Waals surface area contributed by atoms with Crippen molar-refractivity contribution in [3.05, 3.63) is 82.7 Å². The molecule has 2 aromatic heterocycles. The second kappa shape index (κ2) is 13.7. The maximum Gasteiger partial charge on any atom is 0.270 e. The minimum Gasteiger partial charge on any atom is -0.352 e. The quantitative estimate of drug-likeness (QED) is 0.167. The molecule has 4 heterocycles. The van der Waals surface area contributed by atoms with Crippen LogP contribution in [0.1, 0.15) is 93.3 Å². The lowest BCUT2D eigenvalue weighted by Gasteiger charge is -2.29. The number of hydrogen-bond acceptors (Lipinski definition) is 8. The van der Waals surface area contributed by atoms with Crippen LogP contribution in [0.2, 0.25) is 0 Å². The summed E-state index contributed by atoms with van der Waals surface area (Å²) in [5, 5.41) is 9.37. The molecule has 5 amide bonds. The van der Waals surface area contributed by atoms with Crippen molar-refractivity contribution in [3.63, 3.8) is 0 Å². The van der Waals surface area contributed by atoms with E-state index in [0.29, 0.717) is 55.1 Å². The first-order valence-corrected chi connectivity index (χ1v) is 17.2. The number of carbonyl (C=O) groups is 5. The second-order valence-corrected chi connectivity index (χ2v) is 13.4. The van der Waals surface area contributed by atoms with Crippen LogP contribution in [-0.2, 0) is 22.6 Å². The van der Waals surface area contributed by atoms with E-state index in [1.165, 1.54) is 0 Å². The highest BCUT2D eigenvalue weighted by Crippen LogP contribution is 2.35. The maximum absolute atomic E-state index is 13.1. The third kappa shape index (κ3) is 6.42. The summed E-state index contributed by atoms with van der Waals surface area (Å²) in [7, 11) is 3.50. The van der Waals surface area contributed by atoms with E-state index >= 15 is 0 Å². The average Bonchev–Trinajstić information content (AvgIpc) is 3.85. The van der Waals surface area contributed by atoms with Gasteiger partial charge in [-0.3, -0.25) is 29.3 Å². The van der Waals surface area contributed by atoms with E-state index in [0.717, 1.165) is 53.5 Å². The van der Waals surface area contributed by atoms with Crippen LogP contribution in [0.4, 0.5) is 11.6 Å². The van der Waals surface area contributed by atoms with E-state index in [-0.39, 0.29) is 36.1 Å². The van der Waals surface area contributed by atoms with Crippen molar-refractivity contribution in [1.82, 2.24) is 35.0 Å². The zero-order valence-electron chi connectivity index (χ0n) is 28.2. The normalized spacial score (nSPS) is 17.6. The molecule has 1 aliphatic carbocycles. The van der Waals surface area contributed by atoms with E-state index in [2.05, 4.69) is 25.5 Å². The standard InChI is InChI=1S/C37H40N8O5/c1-43(2)36(50)30-19-24-20-39-37(42-32(24)45(30)26-9-3-4-10-26)40-25-14-12-23(13-15-25)33(47)38-18-6-8-22-7-5-11-27-28(22)21-44(35(27)49)29-16-17-31(46)41-34(29)48/h5,7,11-15,19-20,26,29H,3-4,6,8-10,16-18,21H2,1-2H3,(H,38,47)(H,39,40,42)(H,41,46,48). The smallest absolute Gasteiger partial charge is 0.270 e. The molecule has 258 valence electrons. The van der Waals surface area contributed by atoms with Gasteiger partial charge in [-0.2, -0.15) is 4.98 Å². The maximum atomic E-state index is 13.1. The minimum atomic E-state index is -0.653. The van der Waals surface area contributed by atoms with Crippen LogP contribution in [0, 0.1) is 0 Å². The summed E-state index contributed by atoms with van der Waals surface area (Å²) in [6.45, 7) is 0.771. The lowest BCUT2D eigenvalue weighted by molar-refractivity contribution is -0.136. The van der Waals surface area contributed by atoms with Gasteiger partial charge in [0.25, 0.3) is 17.7 Å². The molecule has 1 atom stereocenters. The van der Waals surface area contributed by atoms with Crippen LogP contribution in [-0.4, -0.2) is 80.6 Å². The van der Waals surface area contributed by atoms with Crippen LogP contribution < -0.4 is 16.0 Å². The van der Waals surface area contributed by atoms with E-state index in [1.54, 1.807) is 60.4 Å². The van der Waals surface area contributed by atoms with Crippen LogP contribution in [0.25, 0.3) is 11.0 Å². The highest BCUT2D eigenvalue weighted by Gasteiger charge is 2.39. The third-order valence-electron chi connectivity index (χ3n) is 9.88. The Morgan fingerprint density at radius 2 is 1.80 bits per heavy atom. The fourth-order valence-corrected chi connectivity index (χ4v) is 7.29. The van der Waals surface area contributed by atoms with Crippen molar-refractivity contribution >= 4 is 52.2 Å². The Labute approximate surface area is 289 Å². The van der Waals surface area contributed by atoms with Crippen molar-refractivity contribution in [2.24, 2.45) is 0 Å². The molecule has 3 aliphatic rings. The Morgan fingerprint density at radius 1 is 1.02 bits per heavy atom. The van der Waals surface area contributed by atoms with Gasteiger partial charge in [0.1, 0.15) is 17.4 Å². The Hall–Kier alpha value is -5.59. The highest BCUT2D eigenvalue weighted by atomic mass is 16.2. The molecule has 2 aliphatic heterocycles. The molecule has 3 N–H and O–H groups in total. The van der Waals surface area contributed by atoms with Gasteiger partial charge in [0.15, 0.2) is 0 Å². The average molecular weight is 677 g/mol. The van der Waals surface area contributed by atoms with Crippen molar-refractivity contribution in [2.45, 2.75) is 70.0 Å². The number of amides is 5. The summed E-state index contributed by atoms with van der Waals surface area (Å²) in [5.41, 5.74) is 5.08. The minimum absolute atomic E-state index is 0.0586. The third-order valence-corrected chi connectivity index (χ3v) is 9.88. The molecule has 4 aromatic rings. The van der Waals surface area contributed by atoms with E-state index in [4.69, 9.17) is 4.98 Å². The molecule has 1 unspecified atom stereocenters. The number of fused-ring (bicyclic) bond motifs is 2. The van der Waals surface area contributed by atoms with Crippen molar-refractivity contribution < 1.29 is 24.0 Å². The summed E-state index contributed by atoms with van der Waals surface area (Å²) in [6, 6.07) is 14.1. The summed E-state index contributed by atoms with van der Waals surface area (Å²) in [6.07, 6.45) is 7.86. The molecule has 13 heteroatoms. The Morgan fingerprint density at radius 3 is 2.54 bits per heavy atom. The molecule has 2 fully saturated rings. The lowest BCUT2D eigenvalue weighted by Crippen LogP contribution is -2.52. The van der Waals surface area contributed by atoms with Gasteiger partial charge in [0.2, 0.25) is 17.8 Å². The molecule has 0 spiro atoms. The summed E-state index contributed by atoms with van der Waals surface area (Å²) < 4.78 is 2.08. The van der Waals surface area contributed by atoms with Gasteiger partial charge in [-0.15, -0.1) is 0 Å². The SMILES string of the molecule is CN(C)C(=O)c1cc2cnc(Nc3ccc(C(=O)NCCCc4cccc5c4CN(C4CCC(=O)NC4=O)C5=O)cc3)nc2n1C1CCCC1. The van der Waals surface area contributed by atoms with Gasteiger partial charge in [-0.25, -0.2) is 4.98 Å². The Kier molecular flexibility index (Phi) is 9.04. The van der Waals surface area contributed by atoms with Gasteiger partial charge in [-0.05, 0) is 79.6 Å². The Bertz CT molecular complexity index is 2000. The van der Waals surface area contributed by atoms with E-state index in [1.807, 2.05) is 18.2 Å². The fourth-order valence-electron chi connectivity index (χ4n) is 7.29. The van der Waals surface area contributed by atoms with Crippen LogP contribution in [0.3, 0.4) is 0 Å². The van der Waals surface area contributed by atoms with Crippen LogP contribution in [0.5, 0.6) is 0 Å². The molecule has 0 radical (unpaired) electrons. The van der Waals surface area contributed by atoms with Gasteiger partial charge >= 0.3 is 0 Å². The molecule has 13 nitrogen and oxygen atoms in total. The highest BCUT2D eigenvalue weighted by molar-refractivity contribution is 6.05. The number of rotatable bonds is 10. The molecule has 1 saturated heterocycles. The predicted molar refractivity (Wildman–Crippen MR) is 186 cm³/mol. The molecule has 50 heavy (non-hydrogen) atoms. The number of piperidine rings is 1. The molecule has 7 rings (SSSR count). The summed E-state index contributed by atoms with van der Waals surface area (Å²) in [5.74, 6) is -0.780. The zero-order valence-corrected chi connectivity index (χ0v) is 28.2. The van der Waals surface area contributed by atoms with Crippen molar-refractivity contribution in [2.75, 3.05) is 26.0 Å².